The van der Waals surface area contributed by atoms with Crippen molar-refractivity contribution in [3.05, 3.63) is 0 Å². The first-order valence-corrected chi connectivity index (χ1v) is 9.35. The van der Waals surface area contributed by atoms with Gasteiger partial charge in [0, 0.05) is 13.0 Å². The molecule has 0 heterocycles. The molecule has 0 fully saturated rings. The first-order valence-electron chi connectivity index (χ1n) is 9.35. The molecule has 8 heteroatoms. The van der Waals surface area contributed by atoms with Crippen molar-refractivity contribution in [2.24, 2.45) is 0 Å². The largest absolute Gasteiger partial charge is 0.480 e. The summed E-state index contributed by atoms with van der Waals surface area (Å²) in [6.07, 6.45) is 8.57. The van der Waals surface area contributed by atoms with Crippen LogP contribution in [0, 0.1) is 0 Å². The van der Waals surface area contributed by atoms with Crippen LogP contribution >= 0.6 is 0 Å². The average Bonchev–Trinajstić information content (AvgIpc) is 2.59. The lowest BCUT2D eigenvalue weighted by Gasteiger charge is -2.07. The maximum atomic E-state index is 11.5. The van der Waals surface area contributed by atoms with Crippen molar-refractivity contribution in [2.75, 3.05) is 39.6 Å². The monoisotopic (exact) mass is 375 g/mol. The molecule has 0 aliphatic rings. The maximum Gasteiger partial charge on any atom is 0.329 e. The van der Waals surface area contributed by atoms with E-state index in [0.29, 0.717) is 6.42 Å². The van der Waals surface area contributed by atoms with Gasteiger partial charge in [-0.3, -0.25) is 9.59 Å². The average molecular weight is 375 g/mol. The smallest absolute Gasteiger partial charge is 0.329 e. The number of unbranched alkanes of at least 4 members (excludes halogenated alkanes) is 6. The van der Waals surface area contributed by atoms with E-state index in [0.717, 1.165) is 12.8 Å². The standard InChI is InChI=1S/C18H33NO7/c1-2-3-4-5-6-7-8-9-18(23)26-13-12-24-11-10-19-16(20)14-25-15-17(21)22/h2-15H2,1H3,(H,19,20)(H,21,22). The van der Waals surface area contributed by atoms with Gasteiger partial charge >= 0.3 is 11.9 Å². The zero-order valence-corrected chi connectivity index (χ0v) is 15.8. The molecule has 0 aromatic rings. The van der Waals surface area contributed by atoms with Gasteiger partial charge in [0.15, 0.2) is 0 Å². The lowest BCUT2D eigenvalue weighted by atomic mass is 10.1. The molecule has 0 saturated heterocycles. The molecule has 0 bridgehead atoms. The van der Waals surface area contributed by atoms with Crippen molar-refractivity contribution < 1.29 is 33.7 Å². The SMILES string of the molecule is CCCCCCCCCC(=O)OCCOCCNC(=O)COCC(=O)O. The van der Waals surface area contributed by atoms with Crippen molar-refractivity contribution in [3.8, 4) is 0 Å². The van der Waals surface area contributed by atoms with E-state index in [4.69, 9.17) is 14.6 Å². The second-order valence-corrected chi connectivity index (χ2v) is 5.94. The van der Waals surface area contributed by atoms with E-state index in [9.17, 15) is 14.4 Å². The third-order valence-electron chi connectivity index (χ3n) is 3.50. The molecule has 0 aliphatic heterocycles. The van der Waals surface area contributed by atoms with Gasteiger partial charge in [-0.2, -0.15) is 0 Å². The summed E-state index contributed by atoms with van der Waals surface area (Å²) in [7, 11) is 0. The normalized spacial score (nSPS) is 10.5. The van der Waals surface area contributed by atoms with E-state index in [1.807, 2.05) is 0 Å². The highest BCUT2D eigenvalue weighted by Gasteiger charge is 2.04. The Morgan fingerprint density at radius 1 is 0.846 bits per heavy atom. The molecule has 0 aromatic carbocycles. The Hall–Kier alpha value is -1.67. The van der Waals surface area contributed by atoms with Crippen LogP contribution in [0.15, 0.2) is 0 Å². The first kappa shape index (κ1) is 24.3. The molecular formula is C18H33NO7. The predicted octanol–water partition coefficient (Wildman–Crippen LogP) is 1.90. The van der Waals surface area contributed by atoms with Crippen LogP contribution < -0.4 is 5.32 Å². The Labute approximate surface area is 155 Å². The number of carbonyl (C=O) groups is 3. The number of ether oxygens (including phenoxy) is 3. The lowest BCUT2D eigenvalue weighted by molar-refractivity contribution is -0.145. The van der Waals surface area contributed by atoms with Crippen molar-refractivity contribution >= 4 is 17.8 Å². The number of rotatable bonds is 18. The quantitative estimate of drug-likeness (QED) is 0.278. The molecule has 0 rings (SSSR count). The highest BCUT2D eigenvalue weighted by atomic mass is 16.6. The van der Waals surface area contributed by atoms with Crippen molar-refractivity contribution in [1.82, 2.24) is 5.32 Å². The molecule has 152 valence electrons. The molecule has 0 unspecified atom stereocenters. The number of hydrogen-bond acceptors (Lipinski definition) is 6. The van der Waals surface area contributed by atoms with E-state index in [2.05, 4.69) is 17.0 Å². The van der Waals surface area contributed by atoms with Gasteiger partial charge in [-0.25, -0.2) is 4.79 Å². The van der Waals surface area contributed by atoms with E-state index >= 15 is 0 Å². The Morgan fingerprint density at radius 2 is 1.54 bits per heavy atom. The van der Waals surface area contributed by atoms with Crippen molar-refractivity contribution in [1.29, 1.82) is 0 Å². The number of carboxylic acids is 1. The molecule has 8 nitrogen and oxygen atoms in total. The molecule has 0 radical (unpaired) electrons. The maximum absolute atomic E-state index is 11.5. The van der Waals surface area contributed by atoms with E-state index in [-0.39, 0.29) is 38.9 Å². The number of nitrogens with one attached hydrogen (secondary N) is 1. The molecule has 0 aromatic heterocycles. The highest BCUT2D eigenvalue weighted by molar-refractivity contribution is 5.77. The number of esters is 1. The number of aliphatic carboxylic acids is 1. The fourth-order valence-electron chi connectivity index (χ4n) is 2.16. The van der Waals surface area contributed by atoms with Crippen LogP contribution in [-0.4, -0.2) is 62.5 Å². The minimum Gasteiger partial charge on any atom is -0.480 e. The number of amides is 1. The summed E-state index contributed by atoms with van der Waals surface area (Å²) in [6.45, 7) is 2.41. The van der Waals surface area contributed by atoms with Gasteiger partial charge in [0.25, 0.3) is 0 Å². The topological polar surface area (TPSA) is 111 Å². The van der Waals surface area contributed by atoms with E-state index in [1.54, 1.807) is 0 Å². The van der Waals surface area contributed by atoms with Crippen LogP contribution in [0.1, 0.15) is 58.3 Å². The minimum absolute atomic E-state index is 0.199. The van der Waals surface area contributed by atoms with Gasteiger partial charge in [-0.15, -0.1) is 0 Å². The summed E-state index contributed by atoms with van der Waals surface area (Å²) in [4.78, 5) is 33.0. The molecule has 0 atom stereocenters. The van der Waals surface area contributed by atoms with Gasteiger partial charge in [0.2, 0.25) is 5.91 Å². The van der Waals surface area contributed by atoms with Gasteiger partial charge < -0.3 is 24.6 Å². The summed E-state index contributed by atoms with van der Waals surface area (Å²) in [6, 6.07) is 0. The molecule has 0 aliphatic carbocycles. The van der Waals surface area contributed by atoms with Crippen molar-refractivity contribution in [3.63, 3.8) is 0 Å². The molecule has 1 amide bonds. The van der Waals surface area contributed by atoms with E-state index in [1.165, 1.54) is 32.1 Å². The highest BCUT2D eigenvalue weighted by Crippen LogP contribution is 2.08. The molecule has 0 saturated carbocycles. The molecule has 0 spiro atoms. The fraction of sp³-hybridized carbons (Fsp3) is 0.833. The molecular weight excluding hydrogens is 342 g/mol. The lowest BCUT2D eigenvalue weighted by Crippen LogP contribution is -2.31. The van der Waals surface area contributed by atoms with Crippen LogP contribution in [-0.2, 0) is 28.6 Å². The van der Waals surface area contributed by atoms with Gasteiger partial charge in [-0.05, 0) is 6.42 Å². The predicted molar refractivity (Wildman–Crippen MR) is 95.9 cm³/mol. The van der Waals surface area contributed by atoms with Gasteiger partial charge in [0.05, 0.1) is 13.2 Å². The van der Waals surface area contributed by atoms with Crippen LogP contribution in [0.25, 0.3) is 0 Å². The van der Waals surface area contributed by atoms with Crippen LogP contribution in [0.4, 0.5) is 0 Å². The summed E-state index contributed by atoms with van der Waals surface area (Å²) in [5.74, 6) is -1.73. The molecule has 26 heavy (non-hydrogen) atoms. The van der Waals surface area contributed by atoms with Crippen LogP contribution in [0.2, 0.25) is 0 Å². The van der Waals surface area contributed by atoms with Gasteiger partial charge in [0.1, 0.15) is 19.8 Å². The van der Waals surface area contributed by atoms with Crippen molar-refractivity contribution in [2.45, 2.75) is 58.3 Å². The fourth-order valence-corrected chi connectivity index (χ4v) is 2.16. The Morgan fingerprint density at radius 3 is 2.23 bits per heavy atom. The summed E-state index contributed by atoms with van der Waals surface area (Å²) >= 11 is 0. The summed E-state index contributed by atoms with van der Waals surface area (Å²) in [5.41, 5.74) is 0. The first-order chi connectivity index (χ1) is 12.6. The third-order valence-corrected chi connectivity index (χ3v) is 3.50. The summed E-state index contributed by atoms with van der Waals surface area (Å²) in [5, 5.41) is 10.9. The second-order valence-electron chi connectivity index (χ2n) is 5.94. The van der Waals surface area contributed by atoms with Crippen LogP contribution in [0.3, 0.4) is 0 Å². The Kier molecular flexibility index (Phi) is 17.0. The van der Waals surface area contributed by atoms with Crippen LogP contribution in [0.5, 0.6) is 0 Å². The Balaban J connectivity index is 3.29. The second kappa shape index (κ2) is 18.1. The molecule has 2 N–H and O–H groups in total. The summed E-state index contributed by atoms with van der Waals surface area (Å²) < 4.78 is 14.9. The van der Waals surface area contributed by atoms with E-state index < -0.39 is 18.5 Å². The number of hydrogen-bond donors (Lipinski definition) is 2. The Bertz CT molecular complexity index is 388. The number of carbonyl (C=O) groups excluding carboxylic acids is 2. The minimum atomic E-state index is -1.12. The third kappa shape index (κ3) is 18.7. The van der Waals surface area contributed by atoms with Gasteiger partial charge in [-0.1, -0.05) is 45.4 Å². The zero-order valence-electron chi connectivity index (χ0n) is 15.8. The number of carboxylic acid groups (broad SMARTS) is 1. The zero-order chi connectivity index (χ0) is 19.5.